The summed E-state index contributed by atoms with van der Waals surface area (Å²) < 4.78 is 13.1. The van der Waals surface area contributed by atoms with Crippen LogP contribution in [0.2, 0.25) is 0 Å². The second-order valence-corrected chi connectivity index (χ2v) is 6.13. The van der Waals surface area contributed by atoms with Crippen LogP contribution in [-0.2, 0) is 0 Å². The number of piperidine rings is 1. The Bertz CT molecular complexity index is 663. The summed E-state index contributed by atoms with van der Waals surface area (Å²) in [5.74, 6) is 0.578. The highest BCUT2D eigenvalue weighted by molar-refractivity contribution is 5.85. The van der Waals surface area contributed by atoms with Crippen molar-refractivity contribution in [1.29, 1.82) is 0 Å². The molecule has 0 saturated carbocycles. The number of rotatable bonds is 3. The summed E-state index contributed by atoms with van der Waals surface area (Å²) >= 11 is 0. The second kappa shape index (κ2) is 9.32. The van der Waals surface area contributed by atoms with Crippen molar-refractivity contribution >= 4 is 30.8 Å². The Morgan fingerprint density at radius 2 is 1.52 bits per heavy atom. The number of anilines is 1. The zero-order chi connectivity index (χ0) is 16.4. The molecule has 4 nitrogen and oxygen atoms in total. The van der Waals surface area contributed by atoms with E-state index in [1.54, 1.807) is 12.1 Å². The van der Waals surface area contributed by atoms with Crippen LogP contribution in [0.4, 0.5) is 10.3 Å². The number of nitrogens with one attached hydrogen (secondary N) is 1. The lowest BCUT2D eigenvalue weighted by Gasteiger charge is -2.32. The first kappa shape index (κ1) is 21.6. The number of aromatic nitrogens is 2. The van der Waals surface area contributed by atoms with Crippen LogP contribution in [0.3, 0.4) is 0 Å². The lowest BCUT2D eigenvalue weighted by Crippen LogP contribution is -2.42. The molecule has 2 heterocycles. The van der Waals surface area contributed by atoms with E-state index >= 15 is 0 Å². The Balaban J connectivity index is 0.00000156. The first-order valence-corrected chi connectivity index (χ1v) is 8.12. The van der Waals surface area contributed by atoms with Gasteiger partial charge in [-0.05, 0) is 51.4 Å². The van der Waals surface area contributed by atoms with Gasteiger partial charge in [-0.1, -0.05) is 12.1 Å². The fraction of sp³-hybridized carbons (Fsp3) is 0.444. The van der Waals surface area contributed by atoms with Crippen molar-refractivity contribution in [3.63, 3.8) is 0 Å². The Kier molecular flexibility index (Phi) is 8.06. The van der Waals surface area contributed by atoms with Crippen LogP contribution in [0.1, 0.15) is 24.2 Å². The van der Waals surface area contributed by atoms with Crippen molar-refractivity contribution in [2.75, 3.05) is 25.0 Å². The van der Waals surface area contributed by atoms with Crippen molar-refractivity contribution in [1.82, 2.24) is 15.3 Å². The number of aryl methyl sites for hydroxylation is 2. The molecule has 1 fully saturated rings. The van der Waals surface area contributed by atoms with Crippen molar-refractivity contribution in [2.24, 2.45) is 0 Å². The maximum Gasteiger partial charge on any atom is 0.225 e. The molecule has 1 saturated heterocycles. The third-order valence-corrected chi connectivity index (χ3v) is 4.58. The normalized spacial score (nSPS) is 14.6. The van der Waals surface area contributed by atoms with E-state index in [0.717, 1.165) is 54.4 Å². The van der Waals surface area contributed by atoms with E-state index < -0.39 is 0 Å². The van der Waals surface area contributed by atoms with Gasteiger partial charge in [-0.2, -0.15) is 0 Å². The molecular weight excluding hydrogens is 362 g/mol. The molecule has 0 aliphatic carbocycles. The van der Waals surface area contributed by atoms with Gasteiger partial charge in [0.05, 0.1) is 11.4 Å². The van der Waals surface area contributed by atoms with Gasteiger partial charge < -0.3 is 10.2 Å². The monoisotopic (exact) mass is 386 g/mol. The summed E-state index contributed by atoms with van der Waals surface area (Å²) in [5.41, 5.74) is 3.84. The number of halogens is 3. The number of benzene rings is 1. The van der Waals surface area contributed by atoms with Crippen LogP contribution >= 0.6 is 24.8 Å². The van der Waals surface area contributed by atoms with Crippen molar-refractivity contribution in [3.8, 4) is 11.1 Å². The van der Waals surface area contributed by atoms with Gasteiger partial charge in [0.1, 0.15) is 5.82 Å². The molecular formula is C18H25Cl2FN4. The summed E-state index contributed by atoms with van der Waals surface area (Å²) in [6, 6.07) is 7.11. The van der Waals surface area contributed by atoms with E-state index in [2.05, 4.69) is 10.2 Å². The smallest absolute Gasteiger partial charge is 0.225 e. The zero-order valence-corrected chi connectivity index (χ0v) is 16.4. The first-order valence-electron chi connectivity index (χ1n) is 8.12. The van der Waals surface area contributed by atoms with Crippen LogP contribution in [-0.4, -0.2) is 36.1 Å². The predicted molar refractivity (Wildman–Crippen MR) is 106 cm³/mol. The number of nitrogens with zero attached hydrogens (tertiary/aromatic N) is 3. The first-order chi connectivity index (χ1) is 11.1. The molecule has 0 bridgehead atoms. The number of hydrogen-bond acceptors (Lipinski definition) is 4. The van der Waals surface area contributed by atoms with E-state index in [1.165, 1.54) is 12.1 Å². The van der Waals surface area contributed by atoms with Crippen LogP contribution < -0.4 is 10.2 Å². The molecule has 7 heteroatoms. The quantitative estimate of drug-likeness (QED) is 0.867. The maximum absolute atomic E-state index is 13.1. The van der Waals surface area contributed by atoms with Crippen LogP contribution in [0, 0.1) is 19.7 Å². The molecule has 0 radical (unpaired) electrons. The fourth-order valence-electron chi connectivity index (χ4n) is 3.24. The summed E-state index contributed by atoms with van der Waals surface area (Å²) in [6.07, 6.45) is 2.22. The molecule has 1 aromatic heterocycles. The molecule has 25 heavy (non-hydrogen) atoms. The molecule has 0 unspecified atom stereocenters. The van der Waals surface area contributed by atoms with Gasteiger partial charge in [-0.15, -0.1) is 24.8 Å². The van der Waals surface area contributed by atoms with Crippen molar-refractivity contribution < 1.29 is 4.39 Å². The predicted octanol–water partition coefficient (Wildman–Crippen LogP) is 3.93. The van der Waals surface area contributed by atoms with E-state index in [0.29, 0.717) is 6.04 Å². The van der Waals surface area contributed by atoms with Gasteiger partial charge >= 0.3 is 0 Å². The molecule has 0 spiro atoms. The standard InChI is InChI=1S/C18H23FN4.2ClH/c1-12-17(14-4-6-15(19)7-5-14)13(2)22-18(21-12)23-10-8-16(20-3)9-11-23;;/h4-7,16,20H,8-11H2,1-3H3;2*1H. The highest BCUT2D eigenvalue weighted by Crippen LogP contribution is 2.27. The fourth-order valence-corrected chi connectivity index (χ4v) is 3.24. The highest BCUT2D eigenvalue weighted by Gasteiger charge is 2.21. The molecule has 1 aromatic carbocycles. The molecule has 0 atom stereocenters. The minimum absolute atomic E-state index is 0. The maximum atomic E-state index is 13.1. The topological polar surface area (TPSA) is 41.0 Å². The van der Waals surface area contributed by atoms with Crippen molar-refractivity contribution in [2.45, 2.75) is 32.7 Å². The lowest BCUT2D eigenvalue weighted by atomic mass is 10.0. The molecule has 138 valence electrons. The lowest BCUT2D eigenvalue weighted by molar-refractivity contribution is 0.438. The van der Waals surface area contributed by atoms with Crippen LogP contribution in [0.5, 0.6) is 0 Å². The zero-order valence-electron chi connectivity index (χ0n) is 14.8. The molecule has 1 aliphatic rings. The molecule has 3 rings (SSSR count). The second-order valence-electron chi connectivity index (χ2n) is 6.13. The largest absolute Gasteiger partial charge is 0.341 e. The van der Waals surface area contributed by atoms with Gasteiger partial charge in [-0.3, -0.25) is 0 Å². The Morgan fingerprint density at radius 1 is 1.00 bits per heavy atom. The molecule has 1 aliphatic heterocycles. The summed E-state index contributed by atoms with van der Waals surface area (Å²) in [6.45, 7) is 5.94. The number of hydrogen-bond donors (Lipinski definition) is 1. The SMILES string of the molecule is CNC1CCN(c2nc(C)c(-c3ccc(F)cc3)c(C)n2)CC1.Cl.Cl. The molecule has 1 N–H and O–H groups in total. The van der Waals surface area contributed by atoms with Crippen LogP contribution in [0.25, 0.3) is 11.1 Å². The summed E-state index contributed by atoms with van der Waals surface area (Å²) in [4.78, 5) is 11.7. The Morgan fingerprint density at radius 3 is 2.00 bits per heavy atom. The van der Waals surface area contributed by atoms with E-state index in [-0.39, 0.29) is 30.6 Å². The Hall–Kier alpha value is -1.43. The van der Waals surface area contributed by atoms with E-state index in [4.69, 9.17) is 9.97 Å². The third kappa shape index (κ3) is 4.81. The minimum Gasteiger partial charge on any atom is -0.341 e. The molecule has 0 amide bonds. The third-order valence-electron chi connectivity index (χ3n) is 4.58. The average molecular weight is 387 g/mol. The van der Waals surface area contributed by atoms with Crippen molar-refractivity contribution in [3.05, 3.63) is 41.5 Å². The van der Waals surface area contributed by atoms with E-state index in [9.17, 15) is 4.39 Å². The van der Waals surface area contributed by atoms with Gasteiger partial charge in [0.25, 0.3) is 0 Å². The summed E-state index contributed by atoms with van der Waals surface area (Å²) in [5, 5.41) is 3.34. The van der Waals surface area contributed by atoms with Gasteiger partial charge in [0, 0.05) is 24.7 Å². The van der Waals surface area contributed by atoms with Gasteiger partial charge in [0.15, 0.2) is 0 Å². The van der Waals surface area contributed by atoms with Gasteiger partial charge in [-0.25, -0.2) is 14.4 Å². The Labute approximate surface area is 161 Å². The van der Waals surface area contributed by atoms with Gasteiger partial charge in [0.2, 0.25) is 5.95 Å². The van der Waals surface area contributed by atoms with E-state index in [1.807, 2.05) is 20.9 Å². The molecule has 2 aromatic rings. The minimum atomic E-state index is -0.228. The van der Waals surface area contributed by atoms with Crippen LogP contribution in [0.15, 0.2) is 24.3 Å². The average Bonchev–Trinajstić information content (AvgIpc) is 2.56. The highest BCUT2D eigenvalue weighted by atomic mass is 35.5. The summed E-state index contributed by atoms with van der Waals surface area (Å²) in [7, 11) is 2.02.